The summed E-state index contributed by atoms with van der Waals surface area (Å²) in [6.07, 6.45) is 2.16. The number of hydrogen-bond acceptors (Lipinski definition) is 4. The highest BCUT2D eigenvalue weighted by Gasteiger charge is 2.21. The molecule has 0 spiro atoms. The van der Waals surface area contributed by atoms with Gasteiger partial charge < -0.3 is 5.32 Å². The predicted octanol–water partition coefficient (Wildman–Crippen LogP) is 3.42. The lowest BCUT2D eigenvalue weighted by Crippen LogP contribution is -2.26. The van der Waals surface area contributed by atoms with Crippen LogP contribution in [-0.4, -0.2) is 30.3 Å². The first-order chi connectivity index (χ1) is 8.79. The molecule has 0 aliphatic carbocycles. The minimum Gasteiger partial charge on any atom is -0.365 e. The summed E-state index contributed by atoms with van der Waals surface area (Å²) in [5, 5.41) is 5.06. The van der Waals surface area contributed by atoms with Crippen LogP contribution >= 0.6 is 23.5 Å². The monoisotopic (exact) mass is 280 g/mol. The maximum absolute atomic E-state index is 4.59. The van der Waals surface area contributed by atoms with Gasteiger partial charge in [-0.3, -0.25) is 4.99 Å². The van der Waals surface area contributed by atoms with Gasteiger partial charge in [0.25, 0.3) is 0 Å². The summed E-state index contributed by atoms with van der Waals surface area (Å²) in [7, 11) is 0. The van der Waals surface area contributed by atoms with E-state index in [4.69, 9.17) is 0 Å². The van der Waals surface area contributed by atoms with Gasteiger partial charge in [-0.05, 0) is 23.5 Å². The SMILES string of the molecule is CSCC(C)CNC1=NCC(c2ccccc2)S1. The smallest absolute Gasteiger partial charge is 0.157 e. The molecule has 0 saturated heterocycles. The topological polar surface area (TPSA) is 24.4 Å². The Morgan fingerprint density at radius 2 is 2.22 bits per heavy atom. The molecule has 0 saturated carbocycles. The number of rotatable bonds is 5. The lowest BCUT2D eigenvalue weighted by molar-refractivity contribution is 0.638. The largest absolute Gasteiger partial charge is 0.365 e. The van der Waals surface area contributed by atoms with Crippen molar-refractivity contribution in [3.63, 3.8) is 0 Å². The number of aliphatic imine (C=N–C) groups is 1. The molecule has 2 rings (SSSR count). The second kappa shape index (κ2) is 7.10. The van der Waals surface area contributed by atoms with Crippen LogP contribution in [0.25, 0.3) is 0 Å². The molecule has 1 aromatic rings. The number of nitrogens with zero attached hydrogens (tertiary/aromatic N) is 1. The van der Waals surface area contributed by atoms with Crippen LogP contribution in [0.2, 0.25) is 0 Å². The van der Waals surface area contributed by atoms with E-state index in [1.54, 1.807) is 0 Å². The molecule has 2 nitrogen and oxygen atoms in total. The van der Waals surface area contributed by atoms with E-state index in [-0.39, 0.29) is 0 Å². The predicted molar refractivity (Wildman–Crippen MR) is 84.6 cm³/mol. The number of thioether (sulfide) groups is 2. The van der Waals surface area contributed by atoms with Crippen LogP contribution < -0.4 is 5.32 Å². The van der Waals surface area contributed by atoms with Crippen molar-refractivity contribution in [2.75, 3.05) is 25.1 Å². The molecular formula is C14H20N2S2. The zero-order valence-electron chi connectivity index (χ0n) is 10.9. The van der Waals surface area contributed by atoms with Crippen molar-refractivity contribution in [3.8, 4) is 0 Å². The molecule has 98 valence electrons. The van der Waals surface area contributed by atoms with E-state index in [0.717, 1.165) is 18.3 Å². The van der Waals surface area contributed by atoms with E-state index in [2.05, 4.69) is 53.8 Å². The van der Waals surface area contributed by atoms with Gasteiger partial charge >= 0.3 is 0 Å². The lowest BCUT2D eigenvalue weighted by atomic mass is 10.1. The Hall–Kier alpha value is -0.610. The van der Waals surface area contributed by atoms with Crippen molar-refractivity contribution in [1.29, 1.82) is 0 Å². The summed E-state index contributed by atoms with van der Waals surface area (Å²) in [4.78, 5) is 4.59. The summed E-state index contributed by atoms with van der Waals surface area (Å²) in [6.45, 7) is 4.19. The molecule has 1 heterocycles. The van der Waals surface area contributed by atoms with Gasteiger partial charge in [0, 0.05) is 6.54 Å². The van der Waals surface area contributed by atoms with Gasteiger partial charge in [-0.1, -0.05) is 49.0 Å². The van der Waals surface area contributed by atoms with Crippen molar-refractivity contribution >= 4 is 28.7 Å². The van der Waals surface area contributed by atoms with Gasteiger partial charge in [-0.25, -0.2) is 0 Å². The van der Waals surface area contributed by atoms with Gasteiger partial charge in [0.2, 0.25) is 0 Å². The van der Waals surface area contributed by atoms with E-state index < -0.39 is 0 Å². The van der Waals surface area contributed by atoms with Gasteiger partial charge in [-0.2, -0.15) is 11.8 Å². The summed E-state index contributed by atoms with van der Waals surface area (Å²) in [5.74, 6) is 1.90. The highest BCUT2D eigenvalue weighted by atomic mass is 32.2. The fraction of sp³-hybridized carbons (Fsp3) is 0.500. The van der Waals surface area contributed by atoms with Crippen LogP contribution in [0.1, 0.15) is 17.7 Å². The Morgan fingerprint density at radius 3 is 2.94 bits per heavy atom. The summed E-state index contributed by atoms with van der Waals surface area (Å²) in [5.41, 5.74) is 1.38. The molecule has 0 amide bonds. The van der Waals surface area contributed by atoms with Crippen LogP contribution in [0.15, 0.2) is 35.3 Å². The van der Waals surface area contributed by atoms with Crippen LogP contribution in [0.4, 0.5) is 0 Å². The molecule has 18 heavy (non-hydrogen) atoms. The fourth-order valence-corrected chi connectivity index (χ4v) is 3.63. The average Bonchev–Trinajstić information content (AvgIpc) is 2.87. The highest BCUT2D eigenvalue weighted by molar-refractivity contribution is 8.14. The lowest BCUT2D eigenvalue weighted by Gasteiger charge is -2.12. The normalized spacial score (nSPS) is 20.6. The Kier molecular flexibility index (Phi) is 5.45. The summed E-state index contributed by atoms with van der Waals surface area (Å²) < 4.78 is 0. The molecule has 2 atom stereocenters. The van der Waals surface area contributed by atoms with E-state index >= 15 is 0 Å². The molecule has 2 unspecified atom stereocenters. The first-order valence-electron chi connectivity index (χ1n) is 6.28. The van der Waals surface area contributed by atoms with E-state index in [9.17, 15) is 0 Å². The van der Waals surface area contributed by atoms with E-state index in [1.165, 1.54) is 11.3 Å². The standard InChI is InChI=1S/C14H20N2S2/c1-11(10-17-2)8-15-14-16-9-13(18-14)12-6-4-3-5-7-12/h3-7,11,13H,8-10H2,1-2H3,(H,15,16). The molecule has 1 N–H and O–H groups in total. The highest BCUT2D eigenvalue weighted by Crippen LogP contribution is 2.34. The second-order valence-electron chi connectivity index (χ2n) is 4.60. The quantitative estimate of drug-likeness (QED) is 0.894. The molecule has 1 aliphatic rings. The third-order valence-electron chi connectivity index (χ3n) is 2.88. The molecule has 0 aromatic heterocycles. The summed E-state index contributed by atoms with van der Waals surface area (Å²) in [6, 6.07) is 10.6. The summed E-state index contributed by atoms with van der Waals surface area (Å²) >= 11 is 3.76. The van der Waals surface area contributed by atoms with Crippen molar-refractivity contribution in [3.05, 3.63) is 35.9 Å². The average molecular weight is 280 g/mol. The number of nitrogens with one attached hydrogen (secondary N) is 1. The third-order valence-corrected chi connectivity index (χ3v) is 4.98. The van der Waals surface area contributed by atoms with Crippen LogP contribution in [0.3, 0.4) is 0 Å². The Bertz CT molecular complexity index is 392. The van der Waals surface area contributed by atoms with Crippen LogP contribution in [-0.2, 0) is 0 Å². The Labute approximate surface area is 118 Å². The van der Waals surface area contributed by atoms with Crippen molar-refractivity contribution < 1.29 is 0 Å². The molecule has 1 aromatic carbocycles. The molecule has 0 bridgehead atoms. The second-order valence-corrected chi connectivity index (χ2v) is 6.71. The van der Waals surface area contributed by atoms with Gasteiger partial charge in [-0.15, -0.1) is 0 Å². The van der Waals surface area contributed by atoms with Crippen molar-refractivity contribution in [1.82, 2.24) is 5.32 Å². The van der Waals surface area contributed by atoms with Crippen molar-refractivity contribution in [2.45, 2.75) is 12.2 Å². The molecular weight excluding hydrogens is 260 g/mol. The number of hydrogen-bond donors (Lipinski definition) is 1. The number of benzene rings is 1. The molecule has 4 heteroatoms. The maximum atomic E-state index is 4.59. The minimum atomic E-state index is 0.490. The third kappa shape index (κ3) is 3.95. The zero-order valence-corrected chi connectivity index (χ0v) is 12.6. The van der Waals surface area contributed by atoms with Crippen molar-refractivity contribution in [2.24, 2.45) is 10.9 Å². The molecule has 1 aliphatic heterocycles. The fourth-order valence-electron chi connectivity index (χ4n) is 1.92. The van der Waals surface area contributed by atoms with Crippen LogP contribution in [0, 0.1) is 5.92 Å². The van der Waals surface area contributed by atoms with Gasteiger partial charge in [0.15, 0.2) is 5.17 Å². The molecule has 0 fully saturated rings. The number of amidine groups is 1. The van der Waals surface area contributed by atoms with E-state index in [1.807, 2.05) is 23.5 Å². The van der Waals surface area contributed by atoms with Crippen LogP contribution in [0.5, 0.6) is 0 Å². The minimum absolute atomic E-state index is 0.490. The zero-order chi connectivity index (χ0) is 12.8. The Morgan fingerprint density at radius 1 is 1.44 bits per heavy atom. The van der Waals surface area contributed by atoms with Gasteiger partial charge in [0.05, 0.1) is 11.8 Å². The molecule has 0 radical (unpaired) electrons. The van der Waals surface area contributed by atoms with E-state index in [0.29, 0.717) is 11.2 Å². The van der Waals surface area contributed by atoms with Gasteiger partial charge in [0.1, 0.15) is 0 Å². The Balaban J connectivity index is 1.78. The first-order valence-corrected chi connectivity index (χ1v) is 8.56. The maximum Gasteiger partial charge on any atom is 0.157 e. The first kappa shape index (κ1) is 13.8.